The van der Waals surface area contributed by atoms with E-state index in [4.69, 9.17) is 4.55 Å². The van der Waals surface area contributed by atoms with Crippen molar-refractivity contribution in [2.24, 2.45) is 0 Å². The van der Waals surface area contributed by atoms with Crippen molar-refractivity contribution >= 4 is 22.2 Å². The standard InChI is InChI=1S/C17H16O5S/c1-12(19)17(16(11-18)13-5-3-2-4-6-13)14-7-9-15(10-8-14)23(20,21)22/h2-11,16-17H,1H3,(H,20,21,22). The van der Waals surface area contributed by atoms with E-state index >= 15 is 0 Å². The Kier molecular flexibility index (Phi) is 5.08. The van der Waals surface area contributed by atoms with Crippen LogP contribution in [-0.2, 0) is 19.7 Å². The van der Waals surface area contributed by atoms with Gasteiger partial charge in [-0.25, -0.2) is 0 Å². The summed E-state index contributed by atoms with van der Waals surface area (Å²) in [6, 6.07) is 14.2. The van der Waals surface area contributed by atoms with Gasteiger partial charge < -0.3 is 4.79 Å². The third kappa shape index (κ3) is 3.91. The van der Waals surface area contributed by atoms with E-state index in [9.17, 15) is 18.0 Å². The highest BCUT2D eigenvalue weighted by Crippen LogP contribution is 2.33. The molecule has 0 radical (unpaired) electrons. The molecule has 0 heterocycles. The maximum atomic E-state index is 12.1. The van der Waals surface area contributed by atoms with Crippen molar-refractivity contribution in [1.29, 1.82) is 0 Å². The van der Waals surface area contributed by atoms with Gasteiger partial charge in [-0.3, -0.25) is 9.35 Å². The van der Waals surface area contributed by atoms with Crippen LogP contribution in [-0.4, -0.2) is 25.0 Å². The molecule has 0 bridgehead atoms. The van der Waals surface area contributed by atoms with Crippen LogP contribution in [0.1, 0.15) is 29.9 Å². The van der Waals surface area contributed by atoms with E-state index in [1.54, 1.807) is 24.3 Å². The minimum atomic E-state index is -4.30. The minimum absolute atomic E-state index is 0.203. The zero-order valence-corrected chi connectivity index (χ0v) is 13.2. The summed E-state index contributed by atoms with van der Waals surface area (Å²) in [4.78, 5) is 23.4. The molecule has 0 aromatic heterocycles. The van der Waals surface area contributed by atoms with Crippen LogP contribution in [0.15, 0.2) is 59.5 Å². The van der Waals surface area contributed by atoms with Gasteiger partial charge in [-0.2, -0.15) is 8.42 Å². The van der Waals surface area contributed by atoms with Crippen LogP contribution in [0.3, 0.4) is 0 Å². The first-order valence-corrected chi connectivity index (χ1v) is 8.36. The SMILES string of the molecule is CC(=O)C(c1ccc(S(=O)(=O)O)cc1)C(C=O)c1ccccc1. The molecule has 23 heavy (non-hydrogen) atoms. The fourth-order valence-corrected chi connectivity index (χ4v) is 3.05. The van der Waals surface area contributed by atoms with Crippen molar-refractivity contribution in [2.75, 3.05) is 0 Å². The van der Waals surface area contributed by atoms with Gasteiger partial charge in [0.05, 0.1) is 16.7 Å². The molecular formula is C17H16O5S. The largest absolute Gasteiger partial charge is 0.303 e. The monoisotopic (exact) mass is 332 g/mol. The van der Waals surface area contributed by atoms with Gasteiger partial charge in [0.15, 0.2) is 0 Å². The molecule has 6 heteroatoms. The van der Waals surface area contributed by atoms with Crippen molar-refractivity contribution in [3.63, 3.8) is 0 Å². The maximum Gasteiger partial charge on any atom is 0.294 e. The highest BCUT2D eigenvalue weighted by molar-refractivity contribution is 7.85. The topological polar surface area (TPSA) is 88.5 Å². The van der Waals surface area contributed by atoms with E-state index in [0.29, 0.717) is 11.1 Å². The lowest BCUT2D eigenvalue weighted by molar-refractivity contribution is -0.121. The number of hydrogen-bond donors (Lipinski definition) is 1. The van der Waals surface area contributed by atoms with Gasteiger partial charge in [0.25, 0.3) is 10.1 Å². The first-order valence-electron chi connectivity index (χ1n) is 6.92. The summed E-state index contributed by atoms with van der Waals surface area (Å²) in [7, 11) is -4.30. The van der Waals surface area contributed by atoms with Crippen molar-refractivity contribution in [1.82, 2.24) is 0 Å². The van der Waals surface area contributed by atoms with Crippen molar-refractivity contribution in [3.8, 4) is 0 Å². The number of benzene rings is 2. The Hall–Kier alpha value is -2.31. The second-order valence-corrected chi connectivity index (χ2v) is 6.63. The molecule has 2 aromatic carbocycles. The lowest BCUT2D eigenvalue weighted by Crippen LogP contribution is -2.19. The lowest BCUT2D eigenvalue weighted by Gasteiger charge is -2.21. The molecule has 0 amide bonds. The van der Waals surface area contributed by atoms with Gasteiger partial charge in [0.1, 0.15) is 12.1 Å². The highest BCUT2D eigenvalue weighted by atomic mass is 32.2. The summed E-state index contributed by atoms with van der Waals surface area (Å²) in [5.41, 5.74) is 1.23. The molecule has 2 aromatic rings. The fraction of sp³-hybridized carbons (Fsp3) is 0.176. The summed E-state index contributed by atoms with van der Waals surface area (Å²) in [6.07, 6.45) is 0.720. The maximum absolute atomic E-state index is 12.1. The zero-order chi connectivity index (χ0) is 17.0. The number of Topliss-reactive ketones (excluding diaryl/α,β-unsaturated/α-hetero) is 1. The molecular weight excluding hydrogens is 316 g/mol. The van der Waals surface area contributed by atoms with Crippen LogP contribution in [0.2, 0.25) is 0 Å². The minimum Gasteiger partial charge on any atom is -0.303 e. The van der Waals surface area contributed by atoms with Crippen LogP contribution >= 0.6 is 0 Å². The molecule has 2 atom stereocenters. The van der Waals surface area contributed by atoms with E-state index in [-0.39, 0.29) is 10.7 Å². The lowest BCUT2D eigenvalue weighted by atomic mass is 9.80. The van der Waals surface area contributed by atoms with Crippen LogP contribution in [0.5, 0.6) is 0 Å². The van der Waals surface area contributed by atoms with Gasteiger partial charge in [-0.05, 0) is 30.2 Å². The number of carbonyl (C=O) groups excluding carboxylic acids is 2. The number of aldehydes is 1. The summed E-state index contributed by atoms with van der Waals surface area (Å²) in [6.45, 7) is 1.39. The molecule has 120 valence electrons. The molecule has 5 nitrogen and oxygen atoms in total. The van der Waals surface area contributed by atoms with Gasteiger partial charge >= 0.3 is 0 Å². The number of carbonyl (C=O) groups is 2. The van der Waals surface area contributed by atoms with Crippen LogP contribution in [0.4, 0.5) is 0 Å². The molecule has 0 aliphatic heterocycles. The van der Waals surface area contributed by atoms with Crippen LogP contribution in [0.25, 0.3) is 0 Å². The van der Waals surface area contributed by atoms with Gasteiger partial charge in [0.2, 0.25) is 0 Å². The van der Waals surface area contributed by atoms with E-state index in [0.717, 1.165) is 6.29 Å². The Morgan fingerprint density at radius 1 is 1.00 bits per heavy atom. The first-order chi connectivity index (χ1) is 10.8. The zero-order valence-electron chi connectivity index (χ0n) is 12.4. The normalized spacial score (nSPS) is 14.0. The molecule has 0 spiro atoms. The second-order valence-electron chi connectivity index (χ2n) is 5.20. The summed E-state index contributed by atoms with van der Waals surface area (Å²) in [5, 5.41) is 0. The Labute approximate surface area is 134 Å². The smallest absolute Gasteiger partial charge is 0.294 e. The third-order valence-electron chi connectivity index (χ3n) is 3.67. The quantitative estimate of drug-likeness (QED) is 0.649. The second kappa shape index (κ2) is 6.85. The average Bonchev–Trinajstić information content (AvgIpc) is 2.52. The molecule has 0 saturated carbocycles. The van der Waals surface area contributed by atoms with Gasteiger partial charge in [0, 0.05) is 0 Å². The molecule has 0 aliphatic rings. The molecule has 0 saturated heterocycles. The van der Waals surface area contributed by atoms with Crippen molar-refractivity contribution in [3.05, 3.63) is 65.7 Å². The third-order valence-corrected chi connectivity index (χ3v) is 4.53. The average molecular weight is 332 g/mol. The molecule has 0 fully saturated rings. The summed E-state index contributed by atoms with van der Waals surface area (Å²) < 4.78 is 31.2. The van der Waals surface area contributed by atoms with E-state index in [1.807, 2.05) is 6.07 Å². The summed E-state index contributed by atoms with van der Waals surface area (Å²) in [5.74, 6) is -1.58. The van der Waals surface area contributed by atoms with Gasteiger partial charge in [-0.1, -0.05) is 42.5 Å². The van der Waals surface area contributed by atoms with Crippen LogP contribution in [0, 0.1) is 0 Å². The van der Waals surface area contributed by atoms with Crippen molar-refractivity contribution in [2.45, 2.75) is 23.7 Å². The Balaban J connectivity index is 2.46. The molecule has 1 N–H and O–H groups in total. The van der Waals surface area contributed by atoms with Crippen molar-refractivity contribution < 1.29 is 22.6 Å². The number of rotatable bonds is 6. The Bertz CT molecular complexity index is 795. The molecule has 2 rings (SSSR count). The van der Waals surface area contributed by atoms with Gasteiger partial charge in [-0.15, -0.1) is 0 Å². The number of hydrogen-bond acceptors (Lipinski definition) is 4. The number of ketones is 1. The molecule has 0 aliphatic carbocycles. The predicted molar refractivity (Wildman–Crippen MR) is 84.9 cm³/mol. The van der Waals surface area contributed by atoms with Crippen LogP contribution < -0.4 is 0 Å². The Morgan fingerprint density at radius 3 is 2.00 bits per heavy atom. The Morgan fingerprint density at radius 2 is 1.57 bits per heavy atom. The van der Waals surface area contributed by atoms with E-state index in [1.165, 1.54) is 31.2 Å². The van der Waals surface area contributed by atoms with E-state index in [2.05, 4.69) is 0 Å². The molecule has 2 unspecified atom stereocenters. The predicted octanol–water partition coefficient (Wildman–Crippen LogP) is 2.59. The summed E-state index contributed by atoms with van der Waals surface area (Å²) >= 11 is 0. The highest BCUT2D eigenvalue weighted by Gasteiger charge is 2.28. The first kappa shape index (κ1) is 17.1. The fourth-order valence-electron chi connectivity index (χ4n) is 2.57. The van der Waals surface area contributed by atoms with E-state index < -0.39 is 22.0 Å².